The number of piperazine rings is 1. The van der Waals surface area contributed by atoms with E-state index in [9.17, 15) is 4.79 Å². The van der Waals surface area contributed by atoms with Gasteiger partial charge in [-0.2, -0.15) is 0 Å². The summed E-state index contributed by atoms with van der Waals surface area (Å²) in [7, 11) is 2.15. The molecule has 0 aromatic carbocycles. The maximum absolute atomic E-state index is 12.8. The highest BCUT2D eigenvalue weighted by Crippen LogP contribution is 2.34. The maximum Gasteiger partial charge on any atom is 0.170 e. The number of hydrogen-bond acceptors (Lipinski definition) is 4. The summed E-state index contributed by atoms with van der Waals surface area (Å²) in [6, 6.07) is 0.0860. The first-order valence-corrected chi connectivity index (χ1v) is 7.38. The van der Waals surface area contributed by atoms with Crippen molar-refractivity contribution in [3.8, 4) is 0 Å². The number of carbonyl (C=O) groups is 1. The van der Waals surface area contributed by atoms with Crippen molar-refractivity contribution in [1.29, 1.82) is 0 Å². The predicted octanol–water partition coefficient (Wildman–Crippen LogP) is 1.06. The highest BCUT2D eigenvalue weighted by molar-refractivity contribution is 5.94. The zero-order valence-electron chi connectivity index (χ0n) is 13.4. The van der Waals surface area contributed by atoms with E-state index in [1.165, 1.54) is 0 Å². The smallest absolute Gasteiger partial charge is 0.170 e. The number of ketones is 1. The van der Waals surface area contributed by atoms with E-state index in [0.29, 0.717) is 5.78 Å². The first-order chi connectivity index (χ1) is 8.64. The largest absolute Gasteiger partial charge is 0.304 e. The average molecular weight is 267 g/mol. The Morgan fingerprint density at radius 3 is 2.05 bits per heavy atom. The van der Waals surface area contributed by atoms with Crippen LogP contribution in [-0.4, -0.2) is 77.4 Å². The van der Waals surface area contributed by atoms with E-state index >= 15 is 0 Å². The fraction of sp³-hybridized carbons (Fsp3) is 0.933. The van der Waals surface area contributed by atoms with E-state index in [1.54, 1.807) is 0 Å². The van der Waals surface area contributed by atoms with Gasteiger partial charge in [-0.15, -0.1) is 0 Å². The maximum atomic E-state index is 12.8. The Balaban J connectivity index is 2.14. The second kappa shape index (κ2) is 4.83. The summed E-state index contributed by atoms with van der Waals surface area (Å²) in [4.78, 5) is 19.9. The summed E-state index contributed by atoms with van der Waals surface area (Å²) in [6.07, 6.45) is 0. The lowest BCUT2D eigenvalue weighted by Gasteiger charge is -2.40. The second-order valence-corrected chi connectivity index (χ2v) is 7.56. The fourth-order valence-corrected chi connectivity index (χ4v) is 3.55. The van der Waals surface area contributed by atoms with Gasteiger partial charge >= 0.3 is 0 Å². The molecule has 0 N–H and O–H groups in total. The molecule has 0 aromatic rings. The number of nitrogens with zero attached hydrogens (tertiary/aromatic N) is 3. The van der Waals surface area contributed by atoms with E-state index in [4.69, 9.17) is 0 Å². The molecule has 4 nitrogen and oxygen atoms in total. The topological polar surface area (TPSA) is 26.8 Å². The molecule has 0 radical (unpaired) electrons. The minimum atomic E-state index is -0.341. The van der Waals surface area contributed by atoms with Crippen molar-refractivity contribution < 1.29 is 4.79 Å². The first kappa shape index (κ1) is 14.9. The average Bonchev–Trinajstić information content (AvgIpc) is 2.52. The Hall–Kier alpha value is -0.450. The Morgan fingerprint density at radius 1 is 1.11 bits per heavy atom. The zero-order valence-corrected chi connectivity index (χ0v) is 13.4. The number of likely N-dealkylation sites (tertiary alicyclic amines) is 1. The lowest BCUT2D eigenvalue weighted by atomic mass is 9.94. The molecule has 2 aliphatic heterocycles. The molecule has 2 fully saturated rings. The monoisotopic (exact) mass is 267 g/mol. The van der Waals surface area contributed by atoms with Gasteiger partial charge in [0.25, 0.3) is 0 Å². The quantitative estimate of drug-likeness (QED) is 0.710. The summed E-state index contributed by atoms with van der Waals surface area (Å²) in [6.45, 7) is 15.8. The van der Waals surface area contributed by atoms with Crippen LogP contribution in [-0.2, 0) is 4.79 Å². The van der Waals surface area contributed by atoms with Gasteiger partial charge in [-0.05, 0) is 41.7 Å². The van der Waals surface area contributed by atoms with Crippen LogP contribution in [0.4, 0.5) is 0 Å². The fourth-order valence-electron chi connectivity index (χ4n) is 3.55. The highest BCUT2D eigenvalue weighted by Gasteiger charge is 2.52. The van der Waals surface area contributed by atoms with Crippen molar-refractivity contribution in [1.82, 2.24) is 14.7 Å². The molecule has 0 bridgehead atoms. The van der Waals surface area contributed by atoms with Crippen molar-refractivity contribution in [3.63, 3.8) is 0 Å². The van der Waals surface area contributed by atoms with Gasteiger partial charge in [0, 0.05) is 38.3 Å². The number of Topliss-reactive ketones (excluding diaryl/α,β-unsaturated/α-hetero) is 1. The third-order valence-corrected chi connectivity index (χ3v) is 4.72. The van der Waals surface area contributed by atoms with Crippen LogP contribution in [0, 0.1) is 0 Å². The Kier molecular flexibility index (Phi) is 3.80. The van der Waals surface area contributed by atoms with Crippen LogP contribution in [0.25, 0.3) is 0 Å². The molecule has 0 amide bonds. The van der Waals surface area contributed by atoms with Crippen molar-refractivity contribution in [3.05, 3.63) is 0 Å². The SMILES string of the molecule is CN1CCN(C2CN(C(C)(C)C)C(C)(C)C2=O)CC1. The number of carbonyl (C=O) groups excluding carboxylic acids is 1. The van der Waals surface area contributed by atoms with Gasteiger partial charge in [0.1, 0.15) is 0 Å². The molecular formula is C15H29N3O. The molecule has 2 saturated heterocycles. The van der Waals surface area contributed by atoms with Gasteiger partial charge in [0.15, 0.2) is 5.78 Å². The normalized spacial score (nSPS) is 31.1. The molecular weight excluding hydrogens is 238 g/mol. The van der Waals surface area contributed by atoms with Gasteiger partial charge in [-0.25, -0.2) is 0 Å². The lowest BCUT2D eigenvalue weighted by Crippen LogP contribution is -2.53. The Morgan fingerprint density at radius 2 is 1.63 bits per heavy atom. The number of likely N-dealkylation sites (N-methyl/N-ethyl adjacent to an activating group) is 1. The third kappa shape index (κ3) is 2.71. The molecule has 0 aromatic heterocycles. The van der Waals surface area contributed by atoms with Gasteiger partial charge in [0.2, 0.25) is 0 Å². The molecule has 2 aliphatic rings. The van der Waals surface area contributed by atoms with Crippen LogP contribution >= 0.6 is 0 Å². The number of rotatable bonds is 1. The predicted molar refractivity (Wildman–Crippen MR) is 78.4 cm³/mol. The molecule has 2 rings (SSSR count). The summed E-state index contributed by atoms with van der Waals surface area (Å²) in [5.41, 5.74) is -0.299. The lowest BCUT2D eigenvalue weighted by molar-refractivity contribution is -0.128. The van der Waals surface area contributed by atoms with Crippen LogP contribution in [0.5, 0.6) is 0 Å². The molecule has 110 valence electrons. The molecule has 2 heterocycles. The summed E-state index contributed by atoms with van der Waals surface area (Å²) in [5, 5.41) is 0. The van der Waals surface area contributed by atoms with Crippen molar-refractivity contribution in [2.75, 3.05) is 39.8 Å². The van der Waals surface area contributed by atoms with Crippen LogP contribution in [0.2, 0.25) is 0 Å². The van der Waals surface area contributed by atoms with Crippen molar-refractivity contribution in [2.24, 2.45) is 0 Å². The van der Waals surface area contributed by atoms with Crippen LogP contribution in [0.1, 0.15) is 34.6 Å². The first-order valence-electron chi connectivity index (χ1n) is 7.38. The molecule has 0 aliphatic carbocycles. The number of hydrogen-bond donors (Lipinski definition) is 0. The van der Waals surface area contributed by atoms with Crippen LogP contribution < -0.4 is 0 Å². The third-order valence-electron chi connectivity index (χ3n) is 4.72. The van der Waals surface area contributed by atoms with E-state index in [2.05, 4.69) is 56.4 Å². The summed E-state index contributed by atoms with van der Waals surface area (Å²) in [5.74, 6) is 0.395. The Labute approximate surface area is 117 Å². The second-order valence-electron chi connectivity index (χ2n) is 7.56. The van der Waals surface area contributed by atoms with E-state index < -0.39 is 0 Å². The molecule has 1 atom stereocenters. The summed E-state index contributed by atoms with van der Waals surface area (Å²) >= 11 is 0. The highest BCUT2D eigenvalue weighted by atomic mass is 16.1. The van der Waals surface area contributed by atoms with Gasteiger partial charge < -0.3 is 4.90 Å². The van der Waals surface area contributed by atoms with E-state index in [1.807, 2.05) is 0 Å². The van der Waals surface area contributed by atoms with Crippen molar-refractivity contribution in [2.45, 2.75) is 51.7 Å². The molecule has 0 saturated carbocycles. The minimum Gasteiger partial charge on any atom is -0.304 e. The van der Waals surface area contributed by atoms with Crippen LogP contribution in [0.15, 0.2) is 0 Å². The van der Waals surface area contributed by atoms with Gasteiger partial charge in [-0.3, -0.25) is 14.6 Å². The minimum absolute atomic E-state index is 0.0422. The van der Waals surface area contributed by atoms with E-state index in [-0.39, 0.29) is 17.1 Å². The van der Waals surface area contributed by atoms with Crippen molar-refractivity contribution >= 4 is 5.78 Å². The molecule has 19 heavy (non-hydrogen) atoms. The molecule has 4 heteroatoms. The van der Waals surface area contributed by atoms with Gasteiger partial charge in [-0.1, -0.05) is 0 Å². The Bertz CT molecular complexity index is 351. The van der Waals surface area contributed by atoms with Crippen LogP contribution in [0.3, 0.4) is 0 Å². The van der Waals surface area contributed by atoms with Gasteiger partial charge in [0.05, 0.1) is 11.6 Å². The zero-order chi connectivity index (χ0) is 14.4. The van der Waals surface area contributed by atoms with E-state index in [0.717, 1.165) is 32.7 Å². The standard InChI is InChI=1S/C15H29N3O/c1-14(2,3)18-11-12(13(19)15(18,4)5)17-9-7-16(6)8-10-17/h12H,7-11H2,1-6H3. The molecule has 0 spiro atoms. The molecule has 1 unspecified atom stereocenters. The summed E-state index contributed by atoms with van der Waals surface area (Å²) < 4.78 is 0.